The number of carbonyl (C=O) groups excluding carboxylic acids is 2. The molecule has 0 saturated carbocycles. The average molecular weight is 563 g/mol. The molecule has 0 spiro atoms. The smallest absolute Gasteiger partial charge is 0.259 e. The fourth-order valence-corrected chi connectivity index (χ4v) is 7.29. The lowest BCUT2D eigenvalue weighted by Crippen LogP contribution is -2.47. The number of rotatable bonds is 4. The Morgan fingerprint density at radius 3 is 2.56 bits per heavy atom. The van der Waals surface area contributed by atoms with Crippen LogP contribution in [0.1, 0.15) is 59.4 Å². The van der Waals surface area contributed by atoms with Crippen molar-refractivity contribution in [2.45, 2.75) is 39.2 Å². The molecular formula is C33H27FN4O2S. The highest BCUT2D eigenvalue weighted by Crippen LogP contribution is 2.53. The largest absolute Gasteiger partial charge is 0.358 e. The number of hydrogen-bond donors (Lipinski definition) is 2. The summed E-state index contributed by atoms with van der Waals surface area (Å²) in [5, 5.41) is 3.45. The number of H-pyrrole nitrogens is 1. The van der Waals surface area contributed by atoms with Crippen LogP contribution >= 0.6 is 11.3 Å². The summed E-state index contributed by atoms with van der Waals surface area (Å²) in [6.45, 7) is 7.73. The summed E-state index contributed by atoms with van der Waals surface area (Å²) in [4.78, 5) is 38.3. The van der Waals surface area contributed by atoms with E-state index >= 15 is 4.39 Å². The van der Waals surface area contributed by atoms with Gasteiger partial charge in [-0.2, -0.15) is 0 Å². The zero-order valence-corrected chi connectivity index (χ0v) is 23.8. The standard InChI is InChI=1S/C33H27FN4O2S/c1-17-16-33(3,4)38-29-21(17)14-20(34)15-22(29)26(31(38)40)27-25(18(2)35-28(27)19-10-6-5-7-11-19)30(39)37-32-36-23-12-8-9-13-24(23)41-32/h5-16,26,35H,1-4H3,(H,36,37,39). The van der Waals surface area contributed by atoms with Crippen LogP contribution in [0.3, 0.4) is 0 Å². The molecule has 7 rings (SSSR count). The van der Waals surface area contributed by atoms with Gasteiger partial charge in [0.2, 0.25) is 5.91 Å². The Morgan fingerprint density at radius 2 is 1.80 bits per heavy atom. The van der Waals surface area contributed by atoms with Gasteiger partial charge in [0.05, 0.1) is 38.6 Å². The molecule has 3 aromatic carbocycles. The molecule has 0 saturated heterocycles. The molecule has 8 heteroatoms. The predicted octanol–water partition coefficient (Wildman–Crippen LogP) is 7.67. The minimum Gasteiger partial charge on any atom is -0.358 e. The molecule has 2 aromatic heterocycles. The number of fused-ring (bicyclic) bond motifs is 1. The SMILES string of the molecule is CC1=CC(C)(C)N2C(=O)C(c3c(-c4ccccc4)[nH]c(C)c3C(=O)Nc3nc4ccccc4s3)c3cc(F)cc1c32. The molecule has 2 aliphatic heterocycles. The van der Waals surface area contributed by atoms with Gasteiger partial charge in [-0.1, -0.05) is 59.9 Å². The summed E-state index contributed by atoms with van der Waals surface area (Å²) in [6, 6.07) is 20.2. The Hall–Kier alpha value is -4.56. The third kappa shape index (κ3) is 3.85. The first kappa shape index (κ1) is 25.4. The maximum atomic E-state index is 15.2. The normalized spacial score (nSPS) is 17.1. The second-order valence-electron chi connectivity index (χ2n) is 11.2. The molecule has 204 valence electrons. The first-order valence-corrected chi connectivity index (χ1v) is 14.3. The topological polar surface area (TPSA) is 78.1 Å². The number of aromatic amines is 1. The van der Waals surface area contributed by atoms with Gasteiger partial charge in [-0.05, 0) is 68.7 Å². The van der Waals surface area contributed by atoms with Crippen molar-refractivity contribution in [2.75, 3.05) is 10.2 Å². The molecule has 0 bridgehead atoms. The molecule has 1 unspecified atom stereocenters. The number of aryl methyl sites for hydroxylation is 1. The summed E-state index contributed by atoms with van der Waals surface area (Å²) in [5.41, 5.74) is 6.07. The van der Waals surface area contributed by atoms with Crippen LogP contribution in [-0.4, -0.2) is 27.3 Å². The highest BCUT2D eigenvalue weighted by atomic mass is 32.1. The molecule has 41 heavy (non-hydrogen) atoms. The maximum Gasteiger partial charge on any atom is 0.259 e. The number of allylic oxidation sites excluding steroid dienone is 1. The molecule has 1 atom stereocenters. The number of aromatic nitrogens is 2. The minimum absolute atomic E-state index is 0.189. The lowest BCUT2D eigenvalue weighted by molar-refractivity contribution is -0.119. The molecule has 2 N–H and O–H groups in total. The number of carbonyl (C=O) groups is 2. The molecule has 0 radical (unpaired) electrons. The first-order valence-electron chi connectivity index (χ1n) is 13.5. The van der Waals surface area contributed by atoms with Crippen LogP contribution in [0.25, 0.3) is 27.0 Å². The van der Waals surface area contributed by atoms with Crippen molar-refractivity contribution < 1.29 is 14.0 Å². The number of halogens is 1. The number of nitrogens with one attached hydrogen (secondary N) is 2. The first-order chi connectivity index (χ1) is 19.6. The van der Waals surface area contributed by atoms with E-state index in [1.807, 2.05) is 88.4 Å². The van der Waals surface area contributed by atoms with Crippen LogP contribution in [0, 0.1) is 12.7 Å². The number of thiazole rings is 1. The zero-order valence-electron chi connectivity index (χ0n) is 23.0. The zero-order chi connectivity index (χ0) is 28.6. The van der Waals surface area contributed by atoms with Gasteiger partial charge in [0.15, 0.2) is 5.13 Å². The number of amides is 2. The van der Waals surface area contributed by atoms with Crippen LogP contribution in [0.15, 0.2) is 72.8 Å². The number of anilines is 2. The number of para-hydroxylation sites is 1. The van der Waals surface area contributed by atoms with Crippen LogP contribution in [0.5, 0.6) is 0 Å². The van der Waals surface area contributed by atoms with Gasteiger partial charge in [0.1, 0.15) is 5.82 Å². The highest BCUT2D eigenvalue weighted by molar-refractivity contribution is 7.22. The van der Waals surface area contributed by atoms with Crippen LogP contribution in [0.4, 0.5) is 15.2 Å². The molecule has 2 aliphatic rings. The van der Waals surface area contributed by atoms with Gasteiger partial charge in [0.25, 0.3) is 5.91 Å². The van der Waals surface area contributed by atoms with Gasteiger partial charge >= 0.3 is 0 Å². The van der Waals surface area contributed by atoms with E-state index in [1.54, 1.807) is 4.90 Å². The molecule has 6 nitrogen and oxygen atoms in total. The van der Waals surface area contributed by atoms with E-state index in [0.717, 1.165) is 21.4 Å². The molecular weight excluding hydrogens is 535 g/mol. The van der Waals surface area contributed by atoms with E-state index in [4.69, 9.17) is 0 Å². The van der Waals surface area contributed by atoms with E-state index < -0.39 is 17.3 Å². The van der Waals surface area contributed by atoms with E-state index in [1.165, 1.54) is 23.5 Å². The third-order valence-corrected chi connectivity index (χ3v) is 8.95. The molecule has 2 amide bonds. The Labute approximate surface area is 240 Å². The molecule has 4 heterocycles. The summed E-state index contributed by atoms with van der Waals surface area (Å²) in [7, 11) is 0. The lowest BCUT2D eigenvalue weighted by atomic mass is 9.85. The predicted molar refractivity (Wildman–Crippen MR) is 162 cm³/mol. The molecule has 0 aliphatic carbocycles. The maximum absolute atomic E-state index is 15.2. The summed E-state index contributed by atoms with van der Waals surface area (Å²) in [6.07, 6.45) is 2.00. The van der Waals surface area contributed by atoms with Gasteiger partial charge in [-0.25, -0.2) is 9.37 Å². The Balaban J connectivity index is 1.44. The van der Waals surface area contributed by atoms with E-state index in [0.29, 0.717) is 44.5 Å². The van der Waals surface area contributed by atoms with E-state index in [2.05, 4.69) is 15.3 Å². The average Bonchev–Trinajstić information content (AvgIpc) is 3.58. The van der Waals surface area contributed by atoms with Gasteiger partial charge in [-0.15, -0.1) is 0 Å². The van der Waals surface area contributed by atoms with Crippen molar-refractivity contribution >= 4 is 49.8 Å². The van der Waals surface area contributed by atoms with Crippen LogP contribution in [0.2, 0.25) is 0 Å². The minimum atomic E-state index is -0.880. The fraction of sp³-hybridized carbons (Fsp3) is 0.182. The van der Waals surface area contributed by atoms with Gasteiger partial charge in [-0.3, -0.25) is 14.9 Å². The Morgan fingerprint density at radius 1 is 1.07 bits per heavy atom. The number of nitrogens with zero attached hydrogens (tertiary/aromatic N) is 2. The fourth-order valence-electron chi connectivity index (χ4n) is 6.43. The van der Waals surface area contributed by atoms with Gasteiger partial charge in [0, 0.05) is 16.8 Å². The van der Waals surface area contributed by atoms with Crippen molar-refractivity contribution in [1.29, 1.82) is 0 Å². The van der Waals surface area contributed by atoms with Crippen LogP contribution < -0.4 is 10.2 Å². The van der Waals surface area contributed by atoms with E-state index in [-0.39, 0.29) is 11.8 Å². The van der Waals surface area contributed by atoms with Crippen molar-refractivity contribution in [3.8, 4) is 11.3 Å². The number of hydrogen-bond acceptors (Lipinski definition) is 4. The molecule has 0 fully saturated rings. The quantitative estimate of drug-likeness (QED) is 0.236. The van der Waals surface area contributed by atoms with Gasteiger partial charge < -0.3 is 9.88 Å². The summed E-state index contributed by atoms with van der Waals surface area (Å²) in [5.74, 6) is -1.86. The second kappa shape index (κ2) is 8.97. The van der Waals surface area contributed by atoms with Crippen LogP contribution in [-0.2, 0) is 4.79 Å². The van der Waals surface area contributed by atoms with E-state index in [9.17, 15) is 9.59 Å². The Bertz CT molecular complexity index is 1900. The summed E-state index contributed by atoms with van der Waals surface area (Å²) >= 11 is 1.39. The van der Waals surface area contributed by atoms with Crippen molar-refractivity contribution in [3.05, 3.63) is 107 Å². The van der Waals surface area contributed by atoms with Crippen molar-refractivity contribution in [1.82, 2.24) is 9.97 Å². The molecule has 5 aromatic rings. The third-order valence-electron chi connectivity index (χ3n) is 8.00. The summed E-state index contributed by atoms with van der Waals surface area (Å²) < 4.78 is 16.1. The lowest BCUT2D eigenvalue weighted by Gasteiger charge is -2.39. The number of benzene rings is 3. The van der Waals surface area contributed by atoms with Crippen molar-refractivity contribution in [3.63, 3.8) is 0 Å². The monoisotopic (exact) mass is 562 g/mol. The Kier molecular flexibility index (Phi) is 5.56. The van der Waals surface area contributed by atoms with Crippen molar-refractivity contribution in [2.24, 2.45) is 0 Å². The highest BCUT2D eigenvalue weighted by Gasteiger charge is 2.50. The second-order valence-corrected chi connectivity index (χ2v) is 12.2.